The molecule has 5 aliphatic rings. The molecule has 208 valence electrons. The Balaban J connectivity index is 1.12. The molecule has 9 rings (SSSR count). The van der Waals surface area contributed by atoms with Gasteiger partial charge in [0, 0.05) is 35.2 Å². The first-order valence-electron chi connectivity index (χ1n) is 16.3. The molecular formula is C41H39N. The summed E-state index contributed by atoms with van der Waals surface area (Å²) in [6.07, 6.45) is 12.6. The molecule has 0 amide bonds. The van der Waals surface area contributed by atoms with E-state index >= 15 is 0 Å². The molecule has 0 saturated heterocycles. The van der Waals surface area contributed by atoms with Gasteiger partial charge >= 0.3 is 0 Å². The van der Waals surface area contributed by atoms with Crippen LogP contribution in [-0.4, -0.2) is 6.04 Å². The summed E-state index contributed by atoms with van der Waals surface area (Å²) in [5.41, 5.74) is 15.2. The summed E-state index contributed by atoms with van der Waals surface area (Å²) in [5.74, 6) is 3.32. The molecule has 5 unspecified atom stereocenters. The van der Waals surface area contributed by atoms with Crippen LogP contribution < -0.4 is 4.90 Å². The van der Waals surface area contributed by atoms with Gasteiger partial charge in [-0.15, -0.1) is 0 Å². The number of benzene rings is 4. The summed E-state index contributed by atoms with van der Waals surface area (Å²) in [6.45, 7) is 4.79. The predicted octanol–water partition coefficient (Wildman–Crippen LogP) is 10.4. The molecule has 0 N–H and O–H groups in total. The molecular weight excluding hydrogens is 506 g/mol. The van der Waals surface area contributed by atoms with Gasteiger partial charge in [0.05, 0.1) is 0 Å². The number of hydrogen-bond acceptors (Lipinski definition) is 1. The summed E-state index contributed by atoms with van der Waals surface area (Å²) < 4.78 is 0. The molecule has 1 nitrogen and oxygen atoms in total. The van der Waals surface area contributed by atoms with E-state index in [0.29, 0.717) is 41.5 Å². The van der Waals surface area contributed by atoms with Gasteiger partial charge in [-0.25, -0.2) is 0 Å². The Morgan fingerprint density at radius 1 is 0.690 bits per heavy atom. The lowest BCUT2D eigenvalue weighted by atomic mass is 9.66. The zero-order chi connectivity index (χ0) is 27.9. The van der Waals surface area contributed by atoms with E-state index in [2.05, 4.69) is 128 Å². The van der Waals surface area contributed by atoms with Crippen molar-refractivity contribution in [3.63, 3.8) is 0 Å². The quantitative estimate of drug-likeness (QED) is 0.247. The van der Waals surface area contributed by atoms with Crippen LogP contribution in [0.1, 0.15) is 84.6 Å². The molecule has 5 atom stereocenters. The molecule has 2 aliphatic heterocycles. The first kappa shape index (κ1) is 24.7. The van der Waals surface area contributed by atoms with E-state index in [1.54, 1.807) is 27.8 Å². The van der Waals surface area contributed by atoms with Gasteiger partial charge in [-0.05, 0) is 100 Å². The van der Waals surface area contributed by atoms with E-state index in [-0.39, 0.29) is 0 Å². The van der Waals surface area contributed by atoms with Crippen molar-refractivity contribution in [3.05, 3.63) is 143 Å². The first-order valence-corrected chi connectivity index (χ1v) is 16.3. The van der Waals surface area contributed by atoms with Crippen LogP contribution in [0.2, 0.25) is 0 Å². The van der Waals surface area contributed by atoms with Gasteiger partial charge in [0.15, 0.2) is 0 Å². The highest BCUT2D eigenvalue weighted by atomic mass is 15.2. The summed E-state index contributed by atoms with van der Waals surface area (Å²) >= 11 is 0. The van der Waals surface area contributed by atoms with Crippen LogP contribution in [0.3, 0.4) is 0 Å². The van der Waals surface area contributed by atoms with Crippen molar-refractivity contribution in [1.82, 2.24) is 0 Å². The molecule has 3 aliphatic carbocycles. The third-order valence-corrected chi connectivity index (χ3v) is 11.6. The highest BCUT2D eigenvalue weighted by molar-refractivity contribution is 5.80. The minimum absolute atomic E-state index is 0.434. The summed E-state index contributed by atoms with van der Waals surface area (Å²) in [5, 5.41) is 0. The molecule has 1 heteroatoms. The SMILES string of the molecule is CCC1Cc2c(cccc2C2C=C(C3CC4c5ccccc5N5c6ccccc6C(C3)C45)C=CC2C)-c2ccccc21. The smallest absolute Gasteiger partial charge is 0.0481 e. The van der Waals surface area contributed by atoms with Crippen LogP contribution >= 0.6 is 0 Å². The third-order valence-electron chi connectivity index (χ3n) is 11.6. The fourth-order valence-corrected chi connectivity index (χ4v) is 9.67. The minimum Gasteiger partial charge on any atom is -0.337 e. The Hall–Kier alpha value is -3.84. The predicted molar refractivity (Wildman–Crippen MR) is 175 cm³/mol. The second-order valence-electron chi connectivity index (χ2n) is 13.5. The van der Waals surface area contributed by atoms with Crippen LogP contribution in [0.15, 0.2) is 115 Å². The third kappa shape index (κ3) is 3.43. The van der Waals surface area contributed by atoms with E-state index in [1.807, 2.05) is 0 Å². The average Bonchev–Trinajstić information content (AvgIpc) is 3.56. The van der Waals surface area contributed by atoms with E-state index in [9.17, 15) is 0 Å². The number of allylic oxidation sites excluding steroid dienone is 4. The normalized spacial score (nSPS) is 29.7. The molecule has 0 spiro atoms. The zero-order valence-electron chi connectivity index (χ0n) is 24.7. The second kappa shape index (κ2) is 9.33. The number of nitrogens with zero attached hydrogens (tertiary/aromatic N) is 1. The summed E-state index contributed by atoms with van der Waals surface area (Å²) in [4.78, 5) is 2.70. The Labute approximate surface area is 250 Å². The van der Waals surface area contributed by atoms with Crippen molar-refractivity contribution in [2.24, 2.45) is 11.8 Å². The van der Waals surface area contributed by atoms with Crippen LogP contribution in [0.25, 0.3) is 11.1 Å². The lowest BCUT2D eigenvalue weighted by Gasteiger charge is -2.39. The van der Waals surface area contributed by atoms with Crippen LogP contribution in [-0.2, 0) is 6.42 Å². The summed E-state index contributed by atoms with van der Waals surface area (Å²) in [6, 6.07) is 35.4. The van der Waals surface area contributed by atoms with Gasteiger partial charge < -0.3 is 4.90 Å². The molecule has 1 saturated carbocycles. The number of hydrogen-bond donors (Lipinski definition) is 0. The van der Waals surface area contributed by atoms with E-state index in [0.717, 1.165) is 6.42 Å². The van der Waals surface area contributed by atoms with E-state index in [1.165, 1.54) is 47.3 Å². The molecule has 2 heterocycles. The molecule has 4 aromatic rings. The fourth-order valence-electron chi connectivity index (χ4n) is 9.67. The lowest BCUT2D eigenvalue weighted by molar-refractivity contribution is 0.306. The molecule has 42 heavy (non-hydrogen) atoms. The molecule has 0 aromatic heterocycles. The number of rotatable bonds is 3. The maximum absolute atomic E-state index is 2.70. The van der Waals surface area contributed by atoms with Gasteiger partial charge in [0.2, 0.25) is 0 Å². The monoisotopic (exact) mass is 545 g/mol. The van der Waals surface area contributed by atoms with Crippen molar-refractivity contribution in [1.29, 1.82) is 0 Å². The molecule has 4 aromatic carbocycles. The molecule has 1 fully saturated rings. The van der Waals surface area contributed by atoms with Gasteiger partial charge in [0.25, 0.3) is 0 Å². The van der Waals surface area contributed by atoms with Gasteiger partial charge in [-0.3, -0.25) is 0 Å². The minimum atomic E-state index is 0.434. The van der Waals surface area contributed by atoms with Crippen LogP contribution in [0.5, 0.6) is 0 Å². The topological polar surface area (TPSA) is 3.24 Å². The van der Waals surface area contributed by atoms with Crippen molar-refractivity contribution in [3.8, 4) is 11.1 Å². The standard InChI is InChI=1S/C41H39N/c1-3-26-21-36-31(30-12-5-4-11-29(26)30)15-10-16-32(36)35-22-27(20-19-25(35)2)28-23-37-33-13-6-8-17-39(33)42-40-18-9-7-14-34(40)38(24-28)41(37)42/h4-20,22,25-26,28,35,37-38,41H,3,21,23-24H2,1-2H3. The highest BCUT2D eigenvalue weighted by Crippen LogP contribution is 2.63. The van der Waals surface area contributed by atoms with Gasteiger partial charge in [0.1, 0.15) is 0 Å². The van der Waals surface area contributed by atoms with E-state index < -0.39 is 0 Å². The first-order chi connectivity index (χ1) is 20.7. The number of anilines is 2. The average molecular weight is 546 g/mol. The van der Waals surface area contributed by atoms with Crippen molar-refractivity contribution >= 4 is 11.4 Å². The number of para-hydroxylation sites is 2. The Bertz CT molecular complexity index is 1720. The highest BCUT2D eigenvalue weighted by Gasteiger charge is 2.53. The Morgan fingerprint density at radius 3 is 2.02 bits per heavy atom. The maximum atomic E-state index is 2.70. The Morgan fingerprint density at radius 2 is 1.31 bits per heavy atom. The van der Waals surface area contributed by atoms with Gasteiger partial charge in [-0.1, -0.05) is 111 Å². The van der Waals surface area contributed by atoms with Crippen molar-refractivity contribution in [2.75, 3.05) is 4.90 Å². The Kier molecular flexibility index (Phi) is 5.49. The molecule has 0 radical (unpaired) electrons. The second-order valence-corrected chi connectivity index (χ2v) is 13.5. The van der Waals surface area contributed by atoms with Crippen LogP contribution in [0, 0.1) is 11.8 Å². The zero-order valence-corrected chi connectivity index (χ0v) is 24.7. The van der Waals surface area contributed by atoms with Crippen molar-refractivity contribution in [2.45, 2.75) is 69.2 Å². The maximum Gasteiger partial charge on any atom is 0.0481 e. The molecule has 0 bridgehead atoms. The van der Waals surface area contributed by atoms with E-state index in [4.69, 9.17) is 0 Å². The summed E-state index contributed by atoms with van der Waals surface area (Å²) in [7, 11) is 0. The fraction of sp³-hybridized carbons (Fsp3) is 0.317. The number of fused-ring (bicyclic) bond motifs is 9. The van der Waals surface area contributed by atoms with Gasteiger partial charge in [-0.2, -0.15) is 0 Å². The lowest BCUT2D eigenvalue weighted by Crippen LogP contribution is -2.36. The largest absolute Gasteiger partial charge is 0.337 e. The van der Waals surface area contributed by atoms with Crippen LogP contribution in [0.4, 0.5) is 11.4 Å². The van der Waals surface area contributed by atoms with Crippen molar-refractivity contribution < 1.29 is 0 Å².